The van der Waals surface area contributed by atoms with Gasteiger partial charge < -0.3 is 0 Å². The first kappa shape index (κ1) is 13.0. The first-order chi connectivity index (χ1) is 8.18. The zero-order chi connectivity index (χ0) is 12.3. The van der Waals surface area contributed by atoms with Gasteiger partial charge in [-0.1, -0.05) is 44.5 Å². The fourth-order valence-corrected chi connectivity index (χ4v) is 2.62. The van der Waals surface area contributed by atoms with Crippen molar-refractivity contribution in [3.63, 3.8) is 0 Å². The van der Waals surface area contributed by atoms with Gasteiger partial charge in [0.2, 0.25) is 0 Å². The van der Waals surface area contributed by atoms with E-state index in [1.54, 1.807) is 5.56 Å². The van der Waals surface area contributed by atoms with Crippen LogP contribution in [0, 0.1) is 5.92 Å². The van der Waals surface area contributed by atoms with Gasteiger partial charge in [-0.3, -0.25) is 0 Å². The maximum Gasteiger partial charge on any atom is 0.0362 e. The second-order valence-electron chi connectivity index (χ2n) is 5.63. The Hall–Kier alpha value is -0.490. The van der Waals surface area contributed by atoms with Crippen molar-refractivity contribution < 1.29 is 0 Å². The van der Waals surface area contributed by atoms with Gasteiger partial charge in [0.05, 0.1) is 0 Å². The Morgan fingerprint density at radius 1 is 1.24 bits per heavy atom. The third kappa shape index (κ3) is 3.25. The first-order valence-corrected chi connectivity index (χ1v) is 7.34. The van der Waals surface area contributed by atoms with Crippen LogP contribution in [0.15, 0.2) is 24.3 Å². The third-order valence-corrected chi connectivity index (χ3v) is 4.74. The Morgan fingerprint density at radius 2 is 1.94 bits per heavy atom. The van der Waals surface area contributed by atoms with Crippen molar-refractivity contribution in [2.75, 3.05) is 0 Å². The van der Waals surface area contributed by atoms with Crippen LogP contribution in [0.1, 0.15) is 56.6 Å². The van der Waals surface area contributed by atoms with Gasteiger partial charge >= 0.3 is 0 Å². The van der Waals surface area contributed by atoms with Crippen LogP contribution < -0.4 is 0 Å². The van der Waals surface area contributed by atoms with Crippen LogP contribution in [0.3, 0.4) is 0 Å². The highest BCUT2D eigenvalue weighted by Gasteiger charge is 2.22. The lowest BCUT2D eigenvalue weighted by atomic mass is 9.77. The maximum atomic E-state index is 6.35. The zero-order valence-corrected chi connectivity index (χ0v) is 11.7. The Bertz CT molecular complexity index is 352. The number of hydrogen-bond acceptors (Lipinski definition) is 0. The van der Waals surface area contributed by atoms with Gasteiger partial charge in [-0.2, -0.15) is 0 Å². The Kier molecular flexibility index (Phi) is 4.50. The number of aryl methyl sites for hydroxylation is 1. The Balaban J connectivity index is 1.99. The van der Waals surface area contributed by atoms with Crippen LogP contribution in [-0.2, 0) is 6.42 Å². The average molecular weight is 251 g/mol. The van der Waals surface area contributed by atoms with Gasteiger partial charge in [-0.05, 0) is 48.6 Å². The molecule has 0 saturated heterocycles. The highest BCUT2D eigenvalue weighted by Crippen LogP contribution is 2.38. The largest absolute Gasteiger partial charge is 0.123 e. The Morgan fingerprint density at radius 3 is 2.53 bits per heavy atom. The SMILES string of the molecule is CC(C)C(Cl)CCc1ccccc1C1CCC1. The van der Waals surface area contributed by atoms with Crippen molar-refractivity contribution in [3.8, 4) is 0 Å². The standard InChI is InChI=1S/C16H23Cl/c1-12(2)16(17)11-10-14-6-3-4-9-15(14)13-7-5-8-13/h3-4,6,9,12-13,16H,5,7-8,10-11H2,1-2H3. The van der Waals surface area contributed by atoms with Crippen LogP contribution in [0.5, 0.6) is 0 Å². The van der Waals surface area contributed by atoms with Crippen LogP contribution in [-0.4, -0.2) is 5.38 Å². The van der Waals surface area contributed by atoms with Crippen LogP contribution in [0.4, 0.5) is 0 Å². The van der Waals surface area contributed by atoms with E-state index < -0.39 is 0 Å². The summed E-state index contributed by atoms with van der Waals surface area (Å²) >= 11 is 6.35. The number of hydrogen-bond donors (Lipinski definition) is 0. The number of benzene rings is 1. The molecule has 0 N–H and O–H groups in total. The summed E-state index contributed by atoms with van der Waals surface area (Å²) < 4.78 is 0. The lowest BCUT2D eigenvalue weighted by Crippen LogP contribution is -2.13. The predicted octanol–water partition coefficient (Wildman–Crippen LogP) is 5.15. The topological polar surface area (TPSA) is 0 Å². The molecular formula is C16H23Cl. The minimum Gasteiger partial charge on any atom is -0.123 e. The molecule has 0 radical (unpaired) electrons. The van der Waals surface area contributed by atoms with E-state index in [0.717, 1.165) is 18.8 Å². The van der Waals surface area contributed by atoms with Crippen molar-refractivity contribution in [1.29, 1.82) is 0 Å². The lowest BCUT2D eigenvalue weighted by Gasteiger charge is -2.28. The van der Waals surface area contributed by atoms with Gasteiger partial charge in [0.25, 0.3) is 0 Å². The molecular weight excluding hydrogens is 228 g/mol. The molecule has 1 saturated carbocycles. The fraction of sp³-hybridized carbons (Fsp3) is 0.625. The molecule has 17 heavy (non-hydrogen) atoms. The molecule has 2 rings (SSSR count). The summed E-state index contributed by atoms with van der Waals surface area (Å²) in [6.07, 6.45) is 6.40. The molecule has 1 aliphatic rings. The van der Waals surface area contributed by atoms with Gasteiger partial charge in [0, 0.05) is 5.38 Å². The molecule has 0 bridgehead atoms. The number of alkyl halides is 1. The summed E-state index contributed by atoms with van der Waals surface area (Å²) in [7, 11) is 0. The van der Waals surface area contributed by atoms with E-state index in [1.807, 2.05) is 0 Å². The Labute approximate surface area is 110 Å². The molecule has 1 atom stereocenters. The summed E-state index contributed by atoms with van der Waals surface area (Å²) in [5.74, 6) is 1.41. The van der Waals surface area contributed by atoms with Crippen molar-refractivity contribution >= 4 is 11.6 Å². The van der Waals surface area contributed by atoms with E-state index in [4.69, 9.17) is 11.6 Å². The smallest absolute Gasteiger partial charge is 0.0362 e. The molecule has 0 nitrogen and oxygen atoms in total. The van der Waals surface area contributed by atoms with E-state index in [0.29, 0.717) is 11.3 Å². The van der Waals surface area contributed by atoms with Gasteiger partial charge in [-0.15, -0.1) is 11.6 Å². The van der Waals surface area contributed by atoms with Gasteiger partial charge in [-0.25, -0.2) is 0 Å². The highest BCUT2D eigenvalue weighted by atomic mass is 35.5. The molecule has 0 aliphatic heterocycles. The minimum absolute atomic E-state index is 0.310. The quantitative estimate of drug-likeness (QED) is 0.634. The molecule has 1 unspecified atom stereocenters. The van der Waals surface area contributed by atoms with E-state index in [2.05, 4.69) is 38.1 Å². The molecule has 0 heterocycles. The molecule has 0 amide bonds. The summed E-state index contributed by atoms with van der Waals surface area (Å²) in [5, 5.41) is 0.310. The predicted molar refractivity (Wildman–Crippen MR) is 75.8 cm³/mol. The summed E-state index contributed by atoms with van der Waals surface area (Å²) in [4.78, 5) is 0. The second kappa shape index (κ2) is 5.91. The van der Waals surface area contributed by atoms with E-state index in [9.17, 15) is 0 Å². The van der Waals surface area contributed by atoms with Crippen LogP contribution >= 0.6 is 11.6 Å². The molecule has 0 aromatic heterocycles. The molecule has 1 heteroatoms. The zero-order valence-electron chi connectivity index (χ0n) is 11.0. The molecule has 0 spiro atoms. The van der Waals surface area contributed by atoms with Crippen molar-refractivity contribution in [2.24, 2.45) is 5.92 Å². The number of halogens is 1. The summed E-state index contributed by atoms with van der Waals surface area (Å²) in [6.45, 7) is 4.41. The first-order valence-electron chi connectivity index (χ1n) is 6.90. The van der Waals surface area contributed by atoms with E-state index in [-0.39, 0.29) is 0 Å². The lowest BCUT2D eigenvalue weighted by molar-refractivity contribution is 0.416. The minimum atomic E-state index is 0.310. The fourth-order valence-electron chi connectivity index (χ4n) is 2.51. The maximum absolute atomic E-state index is 6.35. The van der Waals surface area contributed by atoms with E-state index in [1.165, 1.54) is 24.8 Å². The molecule has 1 aromatic rings. The molecule has 94 valence electrons. The van der Waals surface area contributed by atoms with Crippen LogP contribution in [0.25, 0.3) is 0 Å². The second-order valence-corrected chi connectivity index (χ2v) is 6.19. The van der Waals surface area contributed by atoms with Crippen LogP contribution in [0.2, 0.25) is 0 Å². The molecule has 1 fully saturated rings. The highest BCUT2D eigenvalue weighted by molar-refractivity contribution is 6.20. The van der Waals surface area contributed by atoms with Crippen molar-refractivity contribution in [3.05, 3.63) is 35.4 Å². The van der Waals surface area contributed by atoms with Crippen molar-refractivity contribution in [2.45, 2.75) is 57.2 Å². The summed E-state index contributed by atoms with van der Waals surface area (Å²) in [6, 6.07) is 8.95. The van der Waals surface area contributed by atoms with Crippen molar-refractivity contribution in [1.82, 2.24) is 0 Å². The normalized spacial score (nSPS) is 18.1. The monoisotopic (exact) mass is 250 g/mol. The number of rotatable bonds is 5. The van der Waals surface area contributed by atoms with Gasteiger partial charge in [0.15, 0.2) is 0 Å². The third-order valence-electron chi connectivity index (χ3n) is 4.01. The summed E-state index contributed by atoms with van der Waals surface area (Å²) in [5.41, 5.74) is 3.12. The molecule has 1 aromatic carbocycles. The average Bonchev–Trinajstić information content (AvgIpc) is 2.25. The van der Waals surface area contributed by atoms with Gasteiger partial charge in [0.1, 0.15) is 0 Å². The van der Waals surface area contributed by atoms with E-state index >= 15 is 0 Å². The molecule has 1 aliphatic carbocycles.